The van der Waals surface area contributed by atoms with Crippen LogP contribution in [0.25, 0.3) is 0 Å². The van der Waals surface area contributed by atoms with E-state index in [0.717, 1.165) is 45.3 Å². The number of unbranched alkanes of at least 4 members (excludes halogenated alkanes) is 6. The Morgan fingerprint density at radius 2 is 1.38 bits per heavy atom. The van der Waals surface area contributed by atoms with Gasteiger partial charge in [0.2, 0.25) is 0 Å². The summed E-state index contributed by atoms with van der Waals surface area (Å²) in [6, 6.07) is 0. The zero-order chi connectivity index (χ0) is 18.1. The number of ether oxygens (including phenoxy) is 2. The summed E-state index contributed by atoms with van der Waals surface area (Å²) in [5.74, 6) is 0. The quantitative estimate of drug-likeness (QED) is 0.183. The highest BCUT2D eigenvalue weighted by Gasteiger charge is 2.29. The summed E-state index contributed by atoms with van der Waals surface area (Å²) >= 11 is 11.8. The molecule has 0 aromatic carbocycles. The molecular weight excluding hydrogens is 343 g/mol. The van der Waals surface area contributed by atoms with Crippen molar-refractivity contribution in [1.29, 1.82) is 0 Å². The van der Waals surface area contributed by atoms with Gasteiger partial charge in [-0.3, -0.25) is 0 Å². The van der Waals surface area contributed by atoms with Crippen molar-refractivity contribution in [3.8, 4) is 0 Å². The third kappa shape index (κ3) is 13.8. The zero-order valence-electron chi connectivity index (χ0n) is 16.3. The normalized spacial score (nSPS) is 14.2. The van der Waals surface area contributed by atoms with Gasteiger partial charge in [-0.2, -0.15) is 0 Å². The van der Waals surface area contributed by atoms with Gasteiger partial charge in [-0.05, 0) is 32.6 Å². The van der Waals surface area contributed by atoms with Gasteiger partial charge in [0.25, 0.3) is 0 Å². The maximum Gasteiger partial charge on any atom is 0.131 e. The zero-order valence-corrected chi connectivity index (χ0v) is 17.8. The van der Waals surface area contributed by atoms with Crippen LogP contribution < -0.4 is 0 Å². The molecule has 4 heteroatoms. The Kier molecular flexibility index (Phi) is 17.3. The maximum absolute atomic E-state index is 6.24. The van der Waals surface area contributed by atoms with Crippen LogP contribution in [0.1, 0.15) is 97.8 Å². The van der Waals surface area contributed by atoms with Crippen molar-refractivity contribution < 1.29 is 9.47 Å². The van der Waals surface area contributed by atoms with E-state index in [1.54, 1.807) is 0 Å². The van der Waals surface area contributed by atoms with E-state index in [1.807, 2.05) is 6.92 Å². The second kappa shape index (κ2) is 16.9. The monoisotopic (exact) mass is 382 g/mol. The molecule has 1 atom stereocenters. The fourth-order valence-electron chi connectivity index (χ4n) is 3.33. The fraction of sp³-hybridized carbons (Fsp3) is 1.00. The van der Waals surface area contributed by atoms with Gasteiger partial charge in [-0.25, -0.2) is 0 Å². The first-order valence-corrected chi connectivity index (χ1v) is 11.0. The number of rotatable bonds is 18. The van der Waals surface area contributed by atoms with Crippen LogP contribution in [-0.4, -0.2) is 30.3 Å². The fourth-order valence-corrected chi connectivity index (χ4v) is 3.46. The van der Waals surface area contributed by atoms with E-state index in [4.69, 9.17) is 32.7 Å². The van der Waals surface area contributed by atoms with Crippen LogP contribution in [-0.2, 0) is 9.47 Å². The van der Waals surface area contributed by atoms with Gasteiger partial charge >= 0.3 is 0 Å². The van der Waals surface area contributed by atoms with Crippen molar-refractivity contribution >= 4 is 23.2 Å². The average Bonchev–Trinajstić information content (AvgIpc) is 2.56. The van der Waals surface area contributed by atoms with E-state index in [2.05, 4.69) is 13.8 Å². The van der Waals surface area contributed by atoms with Crippen LogP contribution in [0, 0.1) is 0 Å². The molecule has 0 saturated carbocycles. The molecule has 0 aromatic heterocycles. The second-order valence-corrected chi connectivity index (χ2v) is 8.08. The minimum absolute atomic E-state index is 0.0721. The maximum atomic E-state index is 6.24. The first kappa shape index (κ1) is 24.5. The third-order valence-corrected chi connectivity index (χ3v) is 4.83. The number of halogens is 2. The average molecular weight is 383 g/mol. The molecule has 0 rings (SSSR count). The summed E-state index contributed by atoms with van der Waals surface area (Å²) in [5.41, 5.74) is -0.0721. The van der Waals surface area contributed by atoms with Gasteiger partial charge in [0.1, 0.15) is 4.84 Å². The molecule has 2 nitrogen and oxygen atoms in total. The highest BCUT2D eigenvalue weighted by molar-refractivity contribution is 6.44. The number of alkyl halides is 2. The van der Waals surface area contributed by atoms with Gasteiger partial charge in [0, 0.05) is 13.2 Å². The van der Waals surface area contributed by atoms with Gasteiger partial charge in [-0.1, -0.05) is 65.2 Å². The molecule has 0 saturated heterocycles. The van der Waals surface area contributed by atoms with Gasteiger partial charge < -0.3 is 9.47 Å². The van der Waals surface area contributed by atoms with Gasteiger partial charge in [0.05, 0.1) is 12.2 Å². The van der Waals surface area contributed by atoms with E-state index in [0.29, 0.717) is 6.61 Å². The highest BCUT2D eigenvalue weighted by atomic mass is 35.5. The molecule has 0 bridgehead atoms. The van der Waals surface area contributed by atoms with E-state index in [9.17, 15) is 0 Å². The predicted octanol–water partition coefficient (Wildman–Crippen LogP) is 7.30. The topological polar surface area (TPSA) is 18.5 Å². The Morgan fingerprint density at radius 3 is 1.96 bits per heavy atom. The molecule has 0 amide bonds. The van der Waals surface area contributed by atoms with Crippen molar-refractivity contribution in [2.45, 2.75) is 108 Å². The summed E-state index contributed by atoms with van der Waals surface area (Å²) in [6.07, 6.45) is 14.7. The summed E-state index contributed by atoms with van der Waals surface area (Å²) in [7, 11) is 0. The van der Waals surface area contributed by atoms with Crippen LogP contribution in [0.3, 0.4) is 0 Å². The molecule has 0 aliphatic carbocycles. The first-order chi connectivity index (χ1) is 11.6. The minimum atomic E-state index is -0.442. The van der Waals surface area contributed by atoms with Crippen LogP contribution >= 0.6 is 23.2 Å². The Morgan fingerprint density at radius 1 is 0.750 bits per heavy atom. The molecule has 146 valence electrons. The molecule has 0 aromatic rings. The molecule has 0 aliphatic heterocycles. The van der Waals surface area contributed by atoms with E-state index < -0.39 is 4.84 Å². The molecule has 24 heavy (non-hydrogen) atoms. The minimum Gasteiger partial charge on any atom is -0.382 e. The summed E-state index contributed by atoms with van der Waals surface area (Å²) in [5, 5.41) is 0. The molecule has 0 heterocycles. The highest BCUT2D eigenvalue weighted by Crippen LogP contribution is 2.32. The van der Waals surface area contributed by atoms with Gasteiger partial charge in [-0.15, -0.1) is 23.2 Å². The van der Waals surface area contributed by atoms with Crippen molar-refractivity contribution in [2.75, 3.05) is 19.8 Å². The molecular formula is C20H40Cl2O2. The lowest BCUT2D eigenvalue weighted by Gasteiger charge is -2.34. The SMILES string of the molecule is CCCCCCCCCC(CCC)(CCCOCC)OCC(Cl)Cl. The van der Waals surface area contributed by atoms with Gasteiger partial charge in [0.15, 0.2) is 0 Å². The molecule has 0 aliphatic rings. The predicted molar refractivity (Wildman–Crippen MR) is 107 cm³/mol. The molecule has 0 N–H and O–H groups in total. The lowest BCUT2D eigenvalue weighted by atomic mass is 9.86. The Hall–Kier alpha value is 0.500. The number of hydrogen-bond acceptors (Lipinski definition) is 2. The molecule has 0 radical (unpaired) electrons. The van der Waals surface area contributed by atoms with Crippen LogP contribution in [0.5, 0.6) is 0 Å². The summed E-state index contributed by atoms with van der Waals surface area (Å²) in [6.45, 7) is 8.55. The Bertz CT molecular complexity index is 262. The molecule has 1 unspecified atom stereocenters. The smallest absolute Gasteiger partial charge is 0.131 e. The third-order valence-electron chi connectivity index (χ3n) is 4.58. The largest absolute Gasteiger partial charge is 0.382 e. The standard InChI is InChI=1S/C20H40Cl2O2/c1-4-7-8-9-10-11-12-15-20(14-5-2,24-18-19(21)22)16-13-17-23-6-3/h19H,4-18H2,1-3H3. The van der Waals surface area contributed by atoms with Crippen LogP contribution in [0.15, 0.2) is 0 Å². The van der Waals surface area contributed by atoms with E-state index in [1.165, 1.54) is 44.9 Å². The molecule has 0 spiro atoms. The van der Waals surface area contributed by atoms with Crippen molar-refractivity contribution in [1.82, 2.24) is 0 Å². The van der Waals surface area contributed by atoms with Crippen molar-refractivity contribution in [3.05, 3.63) is 0 Å². The van der Waals surface area contributed by atoms with E-state index >= 15 is 0 Å². The lowest BCUT2D eigenvalue weighted by molar-refractivity contribution is -0.0656. The van der Waals surface area contributed by atoms with Crippen LogP contribution in [0.4, 0.5) is 0 Å². The Balaban J connectivity index is 4.33. The van der Waals surface area contributed by atoms with Crippen molar-refractivity contribution in [2.24, 2.45) is 0 Å². The Labute approximate surface area is 161 Å². The first-order valence-electron chi connectivity index (χ1n) is 10.1. The number of hydrogen-bond donors (Lipinski definition) is 0. The summed E-state index contributed by atoms with van der Waals surface area (Å²) in [4.78, 5) is -0.442. The summed E-state index contributed by atoms with van der Waals surface area (Å²) < 4.78 is 11.7. The van der Waals surface area contributed by atoms with E-state index in [-0.39, 0.29) is 5.60 Å². The van der Waals surface area contributed by atoms with Crippen molar-refractivity contribution in [3.63, 3.8) is 0 Å². The van der Waals surface area contributed by atoms with Crippen LogP contribution in [0.2, 0.25) is 0 Å². The lowest BCUT2D eigenvalue weighted by Crippen LogP contribution is -2.34. The second-order valence-electron chi connectivity index (χ2n) is 6.81. The molecule has 0 fully saturated rings.